The van der Waals surface area contributed by atoms with Crippen molar-refractivity contribution in [2.45, 2.75) is 6.92 Å². The van der Waals surface area contributed by atoms with E-state index in [4.69, 9.17) is 0 Å². The quantitative estimate of drug-likeness (QED) is 0.502. The summed E-state index contributed by atoms with van der Waals surface area (Å²) in [4.78, 5) is 12.7. The van der Waals surface area contributed by atoms with Crippen molar-refractivity contribution in [3.63, 3.8) is 0 Å². The number of hydrogen-bond donors (Lipinski definition) is 0. The molecule has 0 bridgehead atoms. The Balaban J connectivity index is 2.01. The molecule has 1 aliphatic rings. The Hall–Kier alpha value is -2.94. The van der Waals surface area contributed by atoms with Crippen molar-refractivity contribution in [1.29, 1.82) is 0 Å². The second-order valence-electron chi connectivity index (χ2n) is 5.52. The van der Waals surface area contributed by atoms with Crippen LogP contribution in [0.3, 0.4) is 0 Å². The molecule has 0 unspecified atom stereocenters. The Morgan fingerprint density at radius 2 is 1.68 bits per heavy atom. The highest BCUT2D eigenvalue weighted by Crippen LogP contribution is 2.31. The molecule has 0 fully saturated rings. The molecule has 0 atom stereocenters. The fourth-order valence-corrected chi connectivity index (χ4v) is 3.01. The predicted molar refractivity (Wildman–Crippen MR) is 86.9 cm³/mol. The first-order valence-electron chi connectivity index (χ1n) is 7.14. The highest BCUT2D eigenvalue weighted by Gasteiger charge is 2.37. The Labute approximate surface area is 127 Å². The summed E-state index contributed by atoms with van der Waals surface area (Å²) in [5, 5.41) is 14.6. The zero-order valence-corrected chi connectivity index (χ0v) is 12.0. The van der Waals surface area contributed by atoms with E-state index in [0.29, 0.717) is 16.8 Å². The van der Waals surface area contributed by atoms with Crippen LogP contribution in [0.15, 0.2) is 60.7 Å². The van der Waals surface area contributed by atoms with Crippen LogP contribution >= 0.6 is 0 Å². The standard InChI is InChI=1S/C19H13NO2/c1-12-9-10-17-16(11-12)19(21)18(20(17)22)15-8-4-6-13-5-2-3-7-14(13)15/h2-11H,1H3. The Morgan fingerprint density at radius 1 is 0.909 bits per heavy atom. The molecule has 3 aromatic carbocycles. The minimum absolute atomic E-state index is 0.204. The topological polar surface area (TPSA) is 43.1 Å². The van der Waals surface area contributed by atoms with Crippen LogP contribution in [0.4, 0.5) is 5.69 Å². The van der Waals surface area contributed by atoms with Crippen molar-refractivity contribution in [1.82, 2.24) is 0 Å². The number of Topliss-reactive ketones (excluding diaryl/α,β-unsaturated/α-hetero) is 1. The predicted octanol–water partition coefficient (Wildman–Crippen LogP) is 3.98. The van der Waals surface area contributed by atoms with Gasteiger partial charge in [0.15, 0.2) is 0 Å². The number of benzene rings is 3. The van der Waals surface area contributed by atoms with Crippen molar-refractivity contribution in [2.75, 3.05) is 0 Å². The normalized spacial score (nSPS) is 13.8. The zero-order valence-electron chi connectivity index (χ0n) is 12.0. The second kappa shape index (κ2) is 4.53. The molecule has 1 aliphatic heterocycles. The van der Waals surface area contributed by atoms with Gasteiger partial charge >= 0.3 is 0 Å². The van der Waals surface area contributed by atoms with E-state index in [2.05, 4.69) is 0 Å². The lowest BCUT2D eigenvalue weighted by molar-refractivity contribution is -0.355. The van der Waals surface area contributed by atoms with Crippen LogP contribution in [0, 0.1) is 12.1 Å². The molecular weight excluding hydrogens is 274 g/mol. The fraction of sp³-hybridized carbons (Fsp3) is 0.0526. The summed E-state index contributed by atoms with van der Waals surface area (Å²) in [5.74, 6) is -0.204. The molecular formula is C19H13NO2. The number of fused-ring (bicyclic) bond motifs is 2. The maximum atomic E-state index is 12.7. The average Bonchev–Trinajstić information content (AvgIpc) is 2.78. The van der Waals surface area contributed by atoms with E-state index in [9.17, 15) is 10.0 Å². The third kappa shape index (κ3) is 1.69. The number of hydrogen-bond acceptors (Lipinski definition) is 2. The molecule has 4 rings (SSSR count). The molecule has 3 nitrogen and oxygen atoms in total. The summed E-state index contributed by atoms with van der Waals surface area (Å²) < 4.78 is 0.763. The van der Waals surface area contributed by atoms with Crippen molar-refractivity contribution in [3.8, 4) is 0 Å². The molecule has 0 amide bonds. The van der Waals surface area contributed by atoms with Gasteiger partial charge in [0.05, 0.1) is 5.56 Å². The summed E-state index contributed by atoms with van der Waals surface area (Å²) in [6.45, 7) is 1.92. The zero-order chi connectivity index (χ0) is 15.3. The smallest absolute Gasteiger partial charge is 0.273 e. The molecule has 0 aliphatic carbocycles. The van der Waals surface area contributed by atoms with Crippen LogP contribution in [0.1, 0.15) is 21.5 Å². The second-order valence-corrected chi connectivity index (χ2v) is 5.52. The fourth-order valence-electron chi connectivity index (χ4n) is 3.01. The number of nitrogens with zero attached hydrogens (tertiary/aromatic N) is 1. The van der Waals surface area contributed by atoms with Gasteiger partial charge in [0.1, 0.15) is 5.56 Å². The first kappa shape index (κ1) is 12.8. The number of ketones is 1. The van der Waals surface area contributed by atoms with E-state index in [1.54, 1.807) is 12.1 Å². The largest absolute Gasteiger partial charge is 0.618 e. The first-order valence-corrected chi connectivity index (χ1v) is 7.14. The van der Waals surface area contributed by atoms with Crippen LogP contribution in [0.5, 0.6) is 0 Å². The van der Waals surface area contributed by atoms with Crippen molar-refractivity contribution in [3.05, 3.63) is 82.6 Å². The van der Waals surface area contributed by atoms with Gasteiger partial charge in [-0.05, 0) is 35.4 Å². The summed E-state index contributed by atoms with van der Waals surface area (Å²) in [6, 6.07) is 18.8. The number of aryl methyl sites for hydroxylation is 1. The highest BCUT2D eigenvalue weighted by molar-refractivity contribution is 6.53. The van der Waals surface area contributed by atoms with Gasteiger partial charge in [0.25, 0.3) is 11.5 Å². The van der Waals surface area contributed by atoms with E-state index < -0.39 is 0 Å². The van der Waals surface area contributed by atoms with E-state index >= 15 is 0 Å². The number of carbonyl (C=O) groups is 1. The third-order valence-electron chi connectivity index (χ3n) is 4.08. The van der Waals surface area contributed by atoms with Gasteiger partial charge in [-0.15, -0.1) is 0 Å². The molecule has 0 radical (unpaired) electrons. The molecule has 0 N–H and O–H groups in total. The lowest BCUT2D eigenvalue weighted by Crippen LogP contribution is -2.17. The first-order chi connectivity index (χ1) is 10.7. The lowest BCUT2D eigenvalue weighted by Gasteiger charge is -2.05. The summed E-state index contributed by atoms with van der Waals surface area (Å²) in [7, 11) is 0. The Morgan fingerprint density at radius 3 is 2.55 bits per heavy atom. The van der Waals surface area contributed by atoms with Gasteiger partial charge in [0.2, 0.25) is 5.69 Å². The van der Waals surface area contributed by atoms with Crippen molar-refractivity contribution in [2.24, 2.45) is 0 Å². The van der Waals surface area contributed by atoms with Gasteiger partial charge in [-0.25, -0.2) is 0 Å². The van der Waals surface area contributed by atoms with Gasteiger partial charge < -0.3 is 5.21 Å². The minimum Gasteiger partial charge on any atom is -0.618 e. The van der Waals surface area contributed by atoms with Gasteiger partial charge in [-0.1, -0.05) is 42.5 Å². The van der Waals surface area contributed by atoms with Crippen LogP contribution < -0.4 is 0 Å². The van der Waals surface area contributed by atoms with Gasteiger partial charge in [-0.3, -0.25) is 4.79 Å². The molecule has 22 heavy (non-hydrogen) atoms. The van der Waals surface area contributed by atoms with Crippen LogP contribution in [0.25, 0.3) is 10.8 Å². The lowest BCUT2D eigenvalue weighted by atomic mass is 9.97. The van der Waals surface area contributed by atoms with Gasteiger partial charge in [0, 0.05) is 6.07 Å². The molecule has 1 heterocycles. The molecule has 106 valence electrons. The molecule has 0 saturated heterocycles. The van der Waals surface area contributed by atoms with E-state index in [-0.39, 0.29) is 11.5 Å². The van der Waals surface area contributed by atoms with E-state index in [1.165, 1.54) is 0 Å². The Kier molecular flexibility index (Phi) is 2.63. The molecule has 0 spiro atoms. The summed E-state index contributed by atoms with van der Waals surface area (Å²) in [6.07, 6.45) is 0. The molecule has 0 saturated carbocycles. The van der Waals surface area contributed by atoms with Crippen LogP contribution in [-0.2, 0) is 0 Å². The highest BCUT2D eigenvalue weighted by atomic mass is 16.5. The van der Waals surface area contributed by atoms with Crippen LogP contribution in [0.2, 0.25) is 0 Å². The summed E-state index contributed by atoms with van der Waals surface area (Å²) in [5.41, 5.74) is 2.78. The average molecular weight is 287 g/mol. The van der Waals surface area contributed by atoms with Crippen molar-refractivity contribution >= 4 is 28.0 Å². The number of rotatable bonds is 1. The third-order valence-corrected chi connectivity index (χ3v) is 4.08. The maximum absolute atomic E-state index is 12.7. The van der Waals surface area contributed by atoms with Gasteiger partial charge in [-0.2, -0.15) is 4.74 Å². The Bertz CT molecular complexity index is 965. The van der Waals surface area contributed by atoms with E-state index in [0.717, 1.165) is 21.1 Å². The SMILES string of the molecule is Cc1ccc2c(c1)C(=O)C(c1cccc3ccccc13)=[N+]2[O-]. The number of carbonyl (C=O) groups excluding carboxylic acids is 1. The molecule has 3 heteroatoms. The van der Waals surface area contributed by atoms with Crippen LogP contribution in [-0.4, -0.2) is 16.2 Å². The molecule has 3 aromatic rings. The van der Waals surface area contributed by atoms with Crippen molar-refractivity contribution < 1.29 is 9.53 Å². The van der Waals surface area contributed by atoms with E-state index in [1.807, 2.05) is 55.5 Å². The minimum atomic E-state index is -0.204. The maximum Gasteiger partial charge on any atom is 0.273 e. The summed E-state index contributed by atoms with van der Waals surface area (Å²) >= 11 is 0. The molecule has 0 aromatic heterocycles. The monoisotopic (exact) mass is 287 g/mol.